The molecule has 0 saturated carbocycles. The van der Waals surface area contributed by atoms with Crippen LogP contribution in [0.4, 0.5) is 8.78 Å². The topological polar surface area (TPSA) is 64.3 Å². The molecule has 1 heterocycles. The smallest absolute Gasteiger partial charge is 0.336 e. The third kappa shape index (κ3) is 2.39. The average Bonchev–Trinajstić information content (AvgIpc) is 2.52. The lowest BCUT2D eigenvalue weighted by atomic mass is 10.1. The Balaban J connectivity index is 2.48. The predicted molar refractivity (Wildman–Crippen MR) is 45.9 cm³/mol. The van der Waals surface area contributed by atoms with Gasteiger partial charge in [-0.25, -0.2) is 0 Å². The van der Waals surface area contributed by atoms with Gasteiger partial charge < -0.3 is 15.8 Å². The number of hydrogen-bond donors (Lipinski definition) is 2. The Morgan fingerprint density at radius 3 is 2.71 bits per heavy atom. The summed E-state index contributed by atoms with van der Waals surface area (Å²) in [5, 5.41) is 2.23. The second-order valence-corrected chi connectivity index (χ2v) is 3.50. The van der Waals surface area contributed by atoms with E-state index in [0.717, 1.165) is 0 Å². The monoisotopic (exact) mass is 208 g/mol. The molecule has 1 rings (SSSR count). The molecule has 0 spiro atoms. The zero-order valence-corrected chi connectivity index (χ0v) is 7.93. The maximum atomic E-state index is 12.7. The molecule has 82 valence electrons. The molecule has 1 aliphatic heterocycles. The maximum absolute atomic E-state index is 12.7. The van der Waals surface area contributed by atoms with Crippen molar-refractivity contribution in [3.05, 3.63) is 0 Å². The van der Waals surface area contributed by atoms with Crippen LogP contribution in [0.15, 0.2) is 0 Å². The van der Waals surface area contributed by atoms with Crippen LogP contribution in [0.1, 0.15) is 6.92 Å². The fourth-order valence-corrected chi connectivity index (χ4v) is 1.21. The molecule has 0 aromatic heterocycles. The van der Waals surface area contributed by atoms with Gasteiger partial charge in [-0.1, -0.05) is 6.92 Å². The fraction of sp³-hybridized carbons (Fsp3) is 0.875. The molecule has 2 unspecified atom stereocenters. The fourth-order valence-electron chi connectivity index (χ4n) is 1.21. The lowest BCUT2D eigenvalue weighted by Crippen LogP contribution is -2.50. The van der Waals surface area contributed by atoms with Gasteiger partial charge in [-0.2, -0.15) is 8.78 Å². The highest BCUT2D eigenvalue weighted by molar-refractivity contribution is 5.83. The lowest BCUT2D eigenvalue weighted by Gasteiger charge is -2.19. The van der Waals surface area contributed by atoms with Crippen molar-refractivity contribution in [2.45, 2.75) is 18.9 Å². The third-order valence-corrected chi connectivity index (χ3v) is 2.27. The van der Waals surface area contributed by atoms with E-state index in [1.54, 1.807) is 0 Å². The minimum atomic E-state index is -3.48. The normalized spacial score (nSPS) is 27.7. The highest BCUT2D eigenvalue weighted by atomic mass is 19.3. The molecule has 6 heteroatoms. The van der Waals surface area contributed by atoms with E-state index in [0.29, 0.717) is 6.61 Å². The number of nitrogens with two attached hydrogens (primary N) is 1. The van der Waals surface area contributed by atoms with Crippen molar-refractivity contribution in [1.29, 1.82) is 0 Å². The number of hydrogen-bond acceptors (Lipinski definition) is 3. The molecule has 3 N–H and O–H groups in total. The summed E-state index contributed by atoms with van der Waals surface area (Å²) in [6.07, 6.45) is 0. The Labute approximate surface area is 80.8 Å². The minimum Gasteiger partial charge on any atom is -0.379 e. The van der Waals surface area contributed by atoms with E-state index in [4.69, 9.17) is 10.5 Å². The molecule has 1 amide bonds. The van der Waals surface area contributed by atoms with E-state index in [1.165, 1.54) is 0 Å². The van der Waals surface area contributed by atoms with Gasteiger partial charge in [0.15, 0.2) is 0 Å². The second-order valence-electron chi connectivity index (χ2n) is 3.50. The molecule has 0 radical (unpaired) electrons. The van der Waals surface area contributed by atoms with E-state index in [1.807, 2.05) is 6.92 Å². The highest BCUT2D eigenvalue weighted by Crippen LogP contribution is 2.16. The number of carbonyl (C=O) groups excluding carboxylic acids is 1. The molecule has 0 aromatic rings. The van der Waals surface area contributed by atoms with Crippen LogP contribution in [0, 0.1) is 5.92 Å². The van der Waals surface area contributed by atoms with E-state index >= 15 is 0 Å². The molecule has 0 bridgehead atoms. The molecule has 0 aliphatic carbocycles. The van der Waals surface area contributed by atoms with Crippen LogP contribution in [0.25, 0.3) is 0 Å². The van der Waals surface area contributed by atoms with Gasteiger partial charge in [-0.15, -0.1) is 0 Å². The van der Waals surface area contributed by atoms with Gasteiger partial charge in [-0.3, -0.25) is 4.79 Å². The number of amides is 1. The van der Waals surface area contributed by atoms with Gasteiger partial charge in [0.25, 0.3) is 5.91 Å². The van der Waals surface area contributed by atoms with Crippen LogP contribution < -0.4 is 11.1 Å². The summed E-state index contributed by atoms with van der Waals surface area (Å²) in [4.78, 5) is 11.0. The summed E-state index contributed by atoms with van der Waals surface area (Å²) < 4.78 is 30.5. The number of rotatable bonds is 3. The van der Waals surface area contributed by atoms with E-state index in [2.05, 4.69) is 5.32 Å². The van der Waals surface area contributed by atoms with Gasteiger partial charge in [0.2, 0.25) is 0 Å². The van der Waals surface area contributed by atoms with E-state index in [9.17, 15) is 13.6 Å². The van der Waals surface area contributed by atoms with Crippen molar-refractivity contribution in [3.63, 3.8) is 0 Å². The zero-order chi connectivity index (χ0) is 10.8. The summed E-state index contributed by atoms with van der Waals surface area (Å²) in [5.41, 5.74) is 4.77. The molecule has 14 heavy (non-hydrogen) atoms. The third-order valence-electron chi connectivity index (χ3n) is 2.27. The number of carbonyl (C=O) groups is 1. The van der Waals surface area contributed by atoms with Gasteiger partial charge in [0.1, 0.15) is 0 Å². The quantitative estimate of drug-likeness (QED) is 0.671. The Morgan fingerprint density at radius 2 is 2.29 bits per heavy atom. The van der Waals surface area contributed by atoms with Crippen LogP contribution >= 0.6 is 0 Å². The number of nitrogens with one attached hydrogen (secondary N) is 1. The molecular formula is C8H14F2N2O2. The first kappa shape index (κ1) is 11.3. The summed E-state index contributed by atoms with van der Waals surface area (Å²) >= 11 is 0. The summed E-state index contributed by atoms with van der Waals surface area (Å²) in [5.74, 6) is -4.74. The van der Waals surface area contributed by atoms with Crippen molar-refractivity contribution in [3.8, 4) is 0 Å². The van der Waals surface area contributed by atoms with Crippen molar-refractivity contribution in [1.82, 2.24) is 5.32 Å². The van der Waals surface area contributed by atoms with E-state index in [-0.39, 0.29) is 18.6 Å². The minimum absolute atomic E-state index is 0.0625. The first-order valence-corrected chi connectivity index (χ1v) is 4.44. The second kappa shape index (κ2) is 4.18. The average molecular weight is 208 g/mol. The van der Waals surface area contributed by atoms with E-state index < -0.39 is 18.4 Å². The Bertz CT molecular complexity index is 223. The Kier molecular flexibility index (Phi) is 3.38. The lowest BCUT2D eigenvalue weighted by molar-refractivity contribution is -0.145. The predicted octanol–water partition coefficient (Wildman–Crippen LogP) is -0.268. The summed E-state index contributed by atoms with van der Waals surface area (Å²) in [7, 11) is 0. The van der Waals surface area contributed by atoms with Crippen molar-refractivity contribution in [2.75, 3.05) is 19.8 Å². The molecule has 0 aromatic carbocycles. The first-order valence-electron chi connectivity index (χ1n) is 4.44. The van der Waals surface area contributed by atoms with Crippen LogP contribution in [-0.4, -0.2) is 37.6 Å². The van der Waals surface area contributed by atoms with Crippen molar-refractivity contribution < 1.29 is 18.3 Å². The molecule has 2 atom stereocenters. The van der Waals surface area contributed by atoms with Gasteiger partial charge in [0, 0.05) is 5.92 Å². The molecule has 1 fully saturated rings. The van der Waals surface area contributed by atoms with Crippen molar-refractivity contribution in [2.24, 2.45) is 11.7 Å². The number of halogens is 2. The summed E-state index contributed by atoms with van der Waals surface area (Å²) in [6.45, 7) is 1.63. The molecule has 4 nitrogen and oxygen atoms in total. The van der Waals surface area contributed by atoms with Crippen LogP contribution in [0.3, 0.4) is 0 Å². The zero-order valence-electron chi connectivity index (χ0n) is 7.93. The van der Waals surface area contributed by atoms with Crippen LogP contribution in [0.2, 0.25) is 0 Å². The highest BCUT2D eigenvalue weighted by Gasteiger charge is 2.39. The Morgan fingerprint density at radius 1 is 1.64 bits per heavy atom. The van der Waals surface area contributed by atoms with Crippen LogP contribution in [-0.2, 0) is 9.53 Å². The molecular weight excluding hydrogens is 194 g/mol. The van der Waals surface area contributed by atoms with Crippen LogP contribution in [0.5, 0.6) is 0 Å². The maximum Gasteiger partial charge on any atom is 0.336 e. The molecule has 1 saturated heterocycles. The molecule has 1 aliphatic rings. The van der Waals surface area contributed by atoms with Gasteiger partial charge >= 0.3 is 5.92 Å². The number of ether oxygens (including phenoxy) is 1. The van der Waals surface area contributed by atoms with Gasteiger partial charge in [-0.05, 0) is 0 Å². The largest absolute Gasteiger partial charge is 0.379 e. The summed E-state index contributed by atoms with van der Waals surface area (Å²) in [6, 6.07) is -0.333. The number of alkyl halides is 2. The first-order chi connectivity index (χ1) is 6.47. The SMILES string of the molecule is CC1COCC1NC(=O)C(F)(F)CN. The van der Waals surface area contributed by atoms with Gasteiger partial charge in [0.05, 0.1) is 25.8 Å². The standard InChI is InChI=1S/C8H14F2N2O2/c1-5-2-14-3-6(5)12-7(13)8(9,10)4-11/h5-6H,2-4,11H2,1H3,(H,12,13). The Hall–Kier alpha value is -0.750. The van der Waals surface area contributed by atoms with Crippen molar-refractivity contribution >= 4 is 5.91 Å².